The number of fused-ring (bicyclic) bond motifs is 1. The number of nitrogens with zero attached hydrogens (tertiary/aromatic N) is 1. The second-order valence-corrected chi connectivity index (χ2v) is 8.23. The molecule has 1 aromatic heterocycles. The van der Waals surface area contributed by atoms with Crippen LogP contribution in [0.25, 0.3) is 10.2 Å². The number of carbonyl (C=O) groups is 1. The van der Waals surface area contributed by atoms with Crippen LogP contribution in [0.5, 0.6) is 0 Å². The van der Waals surface area contributed by atoms with Crippen LogP contribution in [-0.2, 0) is 21.0 Å². The van der Waals surface area contributed by atoms with Gasteiger partial charge < -0.3 is 5.32 Å². The second-order valence-electron chi connectivity index (χ2n) is 5.51. The van der Waals surface area contributed by atoms with Crippen LogP contribution in [0.1, 0.15) is 12.5 Å². The molecule has 0 atom stereocenters. The van der Waals surface area contributed by atoms with E-state index in [2.05, 4.69) is 15.0 Å². The molecule has 2 N–H and O–H groups in total. The average molecular weight is 415 g/mol. The maximum absolute atomic E-state index is 12.8. The van der Waals surface area contributed by atoms with Gasteiger partial charge >= 0.3 is 6.18 Å². The highest BCUT2D eigenvalue weighted by atomic mass is 32.2. The number of anilines is 2. The van der Waals surface area contributed by atoms with Crippen LogP contribution in [0.15, 0.2) is 47.4 Å². The number of hydrogen-bond acceptors (Lipinski definition) is 5. The van der Waals surface area contributed by atoms with Crippen molar-refractivity contribution in [3.8, 4) is 0 Å². The summed E-state index contributed by atoms with van der Waals surface area (Å²) in [5, 5.41) is 2.89. The standard InChI is InChI=1S/C16H12F3N3O3S2/c1-9(23)20-15-21-13-8-11(5-6-14(13)26-15)22-27(24,25)12-4-2-3-10(7-12)16(17,18)19/h2-8,22H,1H3,(H,20,21,23). The molecule has 0 bridgehead atoms. The van der Waals surface area contributed by atoms with Crippen molar-refractivity contribution in [3.05, 3.63) is 48.0 Å². The Morgan fingerprint density at radius 2 is 1.89 bits per heavy atom. The van der Waals surface area contributed by atoms with Crippen molar-refractivity contribution in [3.63, 3.8) is 0 Å². The summed E-state index contributed by atoms with van der Waals surface area (Å²) in [6, 6.07) is 7.96. The molecule has 3 rings (SSSR count). The van der Waals surface area contributed by atoms with Gasteiger partial charge in [-0.15, -0.1) is 0 Å². The van der Waals surface area contributed by atoms with Gasteiger partial charge in [0.25, 0.3) is 10.0 Å². The molecule has 0 fully saturated rings. The Morgan fingerprint density at radius 3 is 2.56 bits per heavy atom. The third-order valence-electron chi connectivity index (χ3n) is 3.39. The maximum atomic E-state index is 12.8. The van der Waals surface area contributed by atoms with E-state index in [0.717, 1.165) is 18.2 Å². The molecule has 1 heterocycles. The number of thiazole rings is 1. The van der Waals surface area contributed by atoms with E-state index in [1.807, 2.05) is 0 Å². The first kappa shape index (κ1) is 19.1. The van der Waals surface area contributed by atoms with E-state index < -0.39 is 26.7 Å². The van der Waals surface area contributed by atoms with E-state index in [9.17, 15) is 26.4 Å². The van der Waals surface area contributed by atoms with Crippen molar-refractivity contribution in [2.45, 2.75) is 18.0 Å². The Labute approximate surface area is 156 Å². The molecule has 1 amide bonds. The lowest BCUT2D eigenvalue weighted by Crippen LogP contribution is -2.14. The molecule has 0 aliphatic carbocycles. The van der Waals surface area contributed by atoms with Crippen molar-refractivity contribution in [1.29, 1.82) is 0 Å². The highest BCUT2D eigenvalue weighted by molar-refractivity contribution is 7.92. The van der Waals surface area contributed by atoms with E-state index in [0.29, 0.717) is 21.4 Å². The van der Waals surface area contributed by atoms with Gasteiger partial charge in [0, 0.05) is 6.92 Å². The summed E-state index contributed by atoms with van der Waals surface area (Å²) in [5.41, 5.74) is -0.479. The quantitative estimate of drug-likeness (QED) is 0.672. The smallest absolute Gasteiger partial charge is 0.302 e. The number of rotatable bonds is 4. The first-order valence-corrected chi connectivity index (χ1v) is 9.73. The Morgan fingerprint density at radius 1 is 1.15 bits per heavy atom. The fourth-order valence-corrected chi connectivity index (χ4v) is 4.24. The summed E-state index contributed by atoms with van der Waals surface area (Å²) >= 11 is 1.21. The number of alkyl halides is 3. The van der Waals surface area contributed by atoms with Crippen LogP contribution in [-0.4, -0.2) is 19.3 Å². The van der Waals surface area contributed by atoms with Crippen LogP contribution in [0.3, 0.4) is 0 Å². The van der Waals surface area contributed by atoms with E-state index in [1.54, 1.807) is 6.07 Å². The zero-order chi connectivity index (χ0) is 19.8. The molecule has 0 spiro atoms. The van der Waals surface area contributed by atoms with E-state index >= 15 is 0 Å². The summed E-state index contributed by atoms with van der Waals surface area (Å²) < 4.78 is 66.2. The van der Waals surface area contributed by atoms with Gasteiger partial charge in [-0.1, -0.05) is 17.4 Å². The first-order chi connectivity index (χ1) is 12.5. The highest BCUT2D eigenvalue weighted by Gasteiger charge is 2.31. The molecule has 6 nitrogen and oxygen atoms in total. The van der Waals surface area contributed by atoms with Crippen molar-refractivity contribution in [2.75, 3.05) is 10.0 Å². The van der Waals surface area contributed by atoms with Crippen LogP contribution in [0.4, 0.5) is 24.0 Å². The van der Waals surface area contributed by atoms with E-state index in [-0.39, 0.29) is 11.6 Å². The zero-order valence-corrected chi connectivity index (χ0v) is 15.3. The summed E-state index contributed by atoms with van der Waals surface area (Å²) in [6.45, 7) is 1.33. The molecule has 27 heavy (non-hydrogen) atoms. The monoisotopic (exact) mass is 415 g/mol. The molecular weight excluding hydrogens is 403 g/mol. The number of hydrogen-bond donors (Lipinski definition) is 2. The third-order valence-corrected chi connectivity index (χ3v) is 5.73. The molecule has 0 saturated carbocycles. The Kier molecular flexibility index (Phi) is 4.82. The number of aromatic nitrogens is 1. The Bertz CT molecular complexity index is 1120. The number of carbonyl (C=O) groups excluding carboxylic acids is 1. The van der Waals surface area contributed by atoms with Gasteiger partial charge in [0.2, 0.25) is 5.91 Å². The average Bonchev–Trinajstić information content (AvgIpc) is 2.94. The molecular formula is C16H12F3N3O3S2. The Hall–Kier alpha value is -2.66. The predicted octanol–water partition coefficient (Wildman–Crippen LogP) is 4.07. The lowest BCUT2D eigenvalue weighted by molar-refractivity contribution is -0.137. The van der Waals surface area contributed by atoms with Gasteiger partial charge in [-0.3, -0.25) is 9.52 Å². The van der Waals surface area contributed by atoms with Crippen molar-refractivity contribution >= 4 is 48.3 Å². The Balaban J connectivity index is 1.90. The van der Waals surface area contributed by atoms with Gasteiger partial charge in [0.15, 0.2) is 5.13 Å². The number of sulfonamides is 1. The van der Waals surface area contributed by atoms with Crippen LogP contribution < -0.4 is 10.0 Å². The van der Waals surface area contributed by atoms with Crippen LogP contribution in [0.2, 0.25) is 0 Å². The fraction of sp³-hybridized carbons (Fsp3) is 0.125. The van der Waals surface area contributed by atoms with Crippen LogP contribution in [0, 0.1) is 0 Å². The summed E-state index contributed by atoms with van der Waals surface area (Å²) in [5.74, 6) is -0.292. The SMILES string of the molecule is CC(=O)Nc1nc2cc(NS(=O)(=O)c3cccc(C(F)(F)F)c3)ccc2s1. The predicted molar refractivity (Wildman–Crippen MR) is 96.2 cm³/mol. The summed E-state index contributed by atoms with van der Waals surface area (Å²) in [4.78, 5) is 14.7. The topological polar surface area (TPSA) is 88.2 Å². The molecule has 3 aromatic rings. The molecule has 0 aliphatic rings. The summed E-state index contributed by atoms with van der Waals surface area (Å²) in [7, 11) is -4.22. The first-order valence-electron chi connectivity index (χ1n) is 7.43. The lowest BCUT2D eigenvalue weighted by atomic mass is 10.2. The second kappa shape index (κ2) is 6.82. The normalized spacial score (nSPS) is 12.1. The highest BCUT2D eigenvalue weighted by Crippen LogP contribution is 2.32. The van der Waals surface area contributed by atoms with Gasteiger partial charge in [0.05, 0.1) is 26.4 Å². The van der Waals surface area contributed by atoms with Crippen molar-refractivity contribution in [2.24, 2.45) is 0 Å². The number of benzene rings is 2. The maximum Gasteiger partial charge on any atom is 0.416 e. The summed E-state index contributed by atoms with van der Waals surface area (Å²) in [6.07, 6.45) is -4.65. The molecule has 0 aliphatic heterocycles. The molecule has 0 unspecified atom stereocenters. The van der Waals surface area contributed by atoms with Crippen molar-refractivity contribution in [1.82, 2.24) is 4.98 Å². The van der Waals surface area contributed by atoms with Gasteiger partial charge in [0.1, 0.15) is 0 Å². The number of halogens is 3. The van der Waals surface area contributed by atoms with E-state index in [1.165, 1.54) is 30.4 Å². The largest absolute Gasteiger partial charge is 0.416 e. The lowest BCUT2D eigenvalue weighted by Gasteiger charge is -2.11. The van der Waals surface area contributed by atoms with Gasteiger partial charge in [-0.25, -0.2) is 13.4 Å². The fourth-order valence-electron chi connectivity index (χ4n) is 2.25. The molecule has 11 heteroatoms. The van der Waals surface area contributed by atoms with Gasteiger partial charge in [-0.05, 0) is 36.4 Å². The van der Waals surface area contributed by atoms with Crippen LogP contribution >= 0.6 is 11.3 Å². The zero-order valence-electron chi connectivity index (χ0n) is 13.7. The van der Waals surface area contributed by atoms with E-state index in [4.69, 9.17) is 0 Å². The number of amides is 1. The minimum absolute atomic E-state index is 0.139. The minimum Gasteiger partial charge on any atom is -0.302 e. The van der Waals surface area contributed by atoms with Crippen molar-refractivity contribution < 1.29 is 26.4 Å². The molecule has 0 saturated heterocycles. The minimum atomic E-state index is -4.65. The molecule has 2 aromatic carbocycles. The molecule has 142 valence electrons. The number of nitrogens with one attached hydrogen (secondary N) is 2. The third kappa shape index (κ3) is 4.37. The molecule has 0 radical (unpaired) electrons. The van der Waals surface area contributed by atoms with Gasteiger partial charge in [-0.2, -0.15) is 13.2 Å².